The molecule has 1 heterocycles. The fraction of sp³-hybridized carbons (Fsp3) is 0.250. The zero-order valence-corrected chi connectivity index (χ0v) is 6.57. The van der Waals surface area contributed by atoms with Crippen molar-refractivity contribution in [1.82, 2.24) is 4.98 Å². The number of hydrogen-bond donors (Lipinski definition) is 2. The Morgan fingerprint density at radius 3 is 3.00 bits per heavy atom. The molecule has 62 valence electrons. The maximum Gasteiger partial charge on any atom is 0.0642 e. The lowest BCUT2D eigenvalue weighted by atomic mass is 10.1. The Morgan fingerprint density at radius 2 is 2.42 bits per heavy atom. The maximum atomic E-state index is 8.38. The number of aromatic nitrogens is 1. The van der Waals surface area contributed by atoms with Gasteiger partial charge in [0.2, 0.25) is 0 Å². The molecule has 0 aliphatic heterocycles. The van der Waals surface area contributed by atoms with Crippen LogP contribution in [0.4, 0.5) is 5.69 Å². The van der Waals surface area contributed by atoms with Gasteiger partial charge in [-0.2, -0.15) is 5.26 Å². The molecule has 1 rings (SSSR count). The number of anilines is 1. The minimum Gasteiger partial charge on any atom is -0.399 e. The summed E-state index contributed by atoms with van der Waals surface area (Å²) in [5.41, 5.74) is 12.4. The van der Waals surface area contributed by atoms with E-state index in [4.69, 9.17) is 16.7 Å². The topological polar surface area (TPSA) is 88.7 Å². The highest BCUT2D eigenvalue weighted by Crippen LogP contribution is 2.12. The fourth-order valence-corrected chi connectivity index (χ4v) is 0.871. The van der Waals surface area contributed by atoms with Gasteiger partial charge in [-0.3, -0.25) is 4.98 Å². The van der Waals surface area contributed by atoms with E-state index >= 15 is 0 Å². The predicted octanol–water partition coefficient (Wildman–Crippen LogP) is 0.577. The van der Waals surface area contributed by atoms with Crippen molar-refractivity contribution in [2.24, 2.45) is 5.73 Å². The van der Waals surface area contributed by atoms with Crippen LogP contribution in [0, 0.1) is 11.3 Å². The molecule has 0 saturated heterocycles. The number of rotatable bonds is 2. The molecule has 0 aliphatic rings. The first-order chi connectivity index (χ1) is 5.74. The molecule has 0 saturated carbocycles. The van der Waals surface area contributed by atoms with Crippen molar-refractivity contribution >= 4 is 5.69 Å². The molecular weight excluding hydrogens is 152 g/mol. The van der Waals surface area contributed by atoms with Crippen LogP contribution in [0.2, 0.25) is 0 Å². The Balaban J connectivity index is 2.82. The largest absolute Gasteiger partial charge is 0.399 e. The summed E-state index contributed by atoms with van der Waals surface area (Å²) in [6.45, 7) is 0. The zero-order chi connectivity index (χ0) is 8.97. The van der Waals surface area contributed by atoms with Crippen LogP contribution < -0.4 is 11.5 Å². The van der Waals surface area contributed by atoms with Crippen LogP contribution in [-0.4, -0.2) is 4.98 Å². The van der Waals surface area contributed by atoms with Crippen molar-refractivity contribution < 1.29 is 0 Å². The molecule has 1 atom stereocenters. The molecule has 4 N–H and O–H groups in total. The van der Waals surface area contributed by atoms with Gasteiger partial charge < -0.3 is 11.5 Å². The van der Waals surface area contributed by atoms with E-state index < -0.39 is 0 Å². The standard InChI is InChI=1S/C8H10N4/c9-3-1-7(11)8-5-6(10)2-4-12-8/h2,4-5,7H,1,11H2,(H2,10,12)/t7-/m1/s1. The van der Waals surface area contributed by atoms with E-state index in [9.17, 15) is 0 Å². The van der Waals surface area contributed by atoms with E-state index in [1.165, 1.54) is 0 Å². The minimum atomic E-state index is -0.335. The minimum absolute atomic E-state index is 0.260. The summed E-state index contributed by atoms with van der Waals surface area (Å²) >= 11 is 0. The van der Waals surface area contributed by atoms with Crippen molar-refractivity contribution in [3.63, 3.8) is 0 Å². The summed E-state index contributed by atoms with van der Waals surface area (Å²) in [5.74, 6) is 0. The molecule has 0 unspecified atom stereocenters. The molecule has 0 aliphatic carbocycles. The van der Waals surface area contributed by atoms with Gasteiger partial charge in [-0.25, -0.2) is 0 Å². The zero-order valence-electron chi connectivity index (χ0n) is 6.57. The summed E-state index contributed by atoms with van der Waals surface area (Å²) < 4.78 is 0. The molecule has 4 heteroatoms. The second kappa shape index (κ2) is 3.69. The Morgan fingerprint density at radius 1 is 1.67 bits per heavy atom. The molecule has 0 spiro atoms. The van der Waals surface area contributed by atoms with E-state index in [-0.39, 0.29) is 12.5 Å². The molecule has 1 aromatic rings. The molecule has 4 nitrogen and oxygen atoms in total. The monoisotopic (exact) mass is 162 g/mol. The lowest BCUT2D eigenvalue weighted by molar-refractivity contribution is 0.720. The number of hydrogen-bond acceptors (Lipinski definition) is 4. The summed E-state index contributed by atoms with van der Waals surface area (Å²) in [6.07, 6.45) is 1.85. The molecule has 0 aromatic carbocycles. The van der Waals surface area contributed by atoms with Gasteiger partial charge >= 0.3 is 0 Å². The van der Waals surface area contributed by atoms with Gasteiger partial charge in [0.05, 0.1) is 24.2 Å². The molecule has 0 radical (unpaired) electrons. The first kappa shape index (κ1) is 8.50. The van der Waals surface area contributed by atoms with Crippen LogP contribution in [0.25, 0.3) is 0 Å². The van der Waals surface area contributed by atoms with Gasteiger partial charge in [0.1, 0.15) is 0 Å². The van der Waals surface area contributed by atoms with Crippen LogP contribution in [0.1, 0.15) is 18.2 Å². The molecule has 1 aromatic heterocycles. The van der Waals surface area contributed by atoms with Gasteiger partial charge in [-0.1, -0.05) is 0 Å². The van der Waals surface area contributed by atoms with Gasteiger partial charge in [0.25, 0.3) is 0 Å². The van der Waals surface area contributed by atoms with Crippen LogP contribution in [-0.2, 0) is 0 Å². The van der Waals surface area contributed by atoms with Gasteiger partial charge in [-0.15, -0.1) is 0 Å². The maximum absolute atomic E-state index is 8.38. The Kier molecular flexibility index (Phi) is 2.62. The first-order valence-electron chi connectivity index (χ1n) is 3.58. The van der Waals surface area contributed by atoms with Crippen molar-refractivity contribution in [2.45, 2.75) is 12.5 Å². The second-order valence-electron chi connectivity index (χ2n) is 2.48. The van der Waals surface area contributed by atoms with Gasteiger partial charge in [0, 0.05) is 11.9 Å². The SMILES string of the molecule is N#CC[C@@H](N)c1cc(N)ccn1. The molecule has 0 bridgehead atoms. The third-order valence-electron chi connectivity index (χ3n) is 1.50. The Labute approximate surface area is 70.8 Å². The summed E-state index contributed by atoms with van der Waals surface area (Å²) in [7, 11) is 0. The summed E-state index contributed by atoms with van der Waals surface area (Å²) in [5, 5.41) is 8.38. The average Bonchev–Trinajstić information content (AvgIpc) is 2.05. The van der Waals surface area contributed by atoms with Crippen molar-refractivity contribution in [1.29, 1.82) is 5.26 Å². The van der Waals surface area contributed by atoms with E-state index in [2.05, 4.69) is 4.98 Å². The highest BCUT2D eigenvalue weighted by Gasteiger charge is 2.05. The van der Waals surface area contributed by atoms with Crippen LogP contribution >= 0.6 is 0 Å². The van der Waals surface area contributed by atoms with Crippen molar-refractivity contribution in [3.05, 3.63) is 24.0 Å². The third-order valence-corrected chi connectivity index (χ3v) is 1.50. The van der Waals surface area contributed by atoms with Gasteiger partial charge in [0.15, 0.2) is 0 Å². The van der Waals surface area contributed by atoms with Gasteiger partial charge in [-0.05, 0) is 12.1 Å². The summed E-state index contributed by atoms with van der Waals surface area (Å²) in [4.78, 5) is 4.00. The summed E-state index contributed by atoms with van der Waals surface area (Å²) in [6, 6.07) is 5.01. The molecule has 12 heavy (non-hydrogen) atoms. The fourth-order valence-electron chi connectivity index (χ4n) is 0.871. The van der Waals surface area contributed by atoms with E-state index in [0.717, 1.165) is 0 Å². The molecule has 0 amide bonds. The van der Waals surface area contributed by atoms with E-state index in [1.54, 1.807) is 18.3 Å². The Hall–Kier alpha value is -1.60. The number of pyridine rings is 1. The highest BCUT2D eigenvalue weighted by atomic mass is 14.8. The normalized spacial score (nSPS) is 12.0. The average molecular weight is 162 g/mol. The van der Waals surface area contributed by atoms with E-state index in [1.807, 2.05) is 6.07 Å². The van der Waals surface area contributed by atoms with E-state index in [0.29, 0.717) is 11.4 Å². The molecule has 0 fully saturated rings. The third kappa shape index (κ3) is 1.94. The van der Waals surface area contributed by atoms with Crippen LogP contribution in [0.3, 0.4) is 0 Å². The smallest absolute Gasteiger partial charge is 0.0642 e. The van der Waals surface area contributed by atoms with Crippen LogP contribution in [0.5, 0.6) is 0 Å². The van der Waals surface area contributed by atoms with Crippen molar-refractivity contribution in [3.8, 4) is 6.07 Å². The number of nitrogens with zero attached hydrogens (tertiary/aromatic N) is 2. The lowest BCUT2D eigenvalue weighted by Gasteiger charge is -2.06. The highest BCUT2D eigenvalue weighted by molar-refractivity contribution is 5.38. The predicted molar refractivity (Wildman–Crippen MR) is 45.8 cm³/mol. The lowest BCUT2D eigenvalue weighted by Crippen LogP contribution is -2.11. The molecular formula is C8H10N4. The number of nitrogen functional groups attached to an aromatic ring is 1. The Bertz CT molecular complexity index is 302. The quantitative estimate of drug-likeness (QED) is 0.665. The number of nitriles is 1. The van der Waals surface area contributed by atoms with Crippen LogP contribution in [0.15, 0.2) is 18.3 Å². The first-order valence-corrected chi connectivity index (χ1v) is 3.58. The second-order valence-corrected chi connectivity index (χ2v) is 2.48. The number of nitrogens with two attached hydrogens (primary N) is 2. The van der Waals surface area contributed by atoms with Crippen molar-refractivity contribution in [2.75, 3.05) is 5.73 Å².